The highest BCUT2D eigenvalue weighted by Crippen LogP contribution is 2.42. The van der Waals surface area contributed by atoms with E-state index in [0.717, 1.165) is 6.42 Å². The molecule has 2 amide bonds. The Balaban J connectivity index is 1.64. The summed E-state index contributed by atoms with van der Waals surface area (Å²) in [5.74, 6) is 0.562. The van der Waals surface area contributed by atoms with Gasteiger partial charge in [-0.1, -0.05) is 6.07 Å². The van der Waals surface area contributed by atoms with E-state index in [2.05, 4.69) is 16.8 Å². The van der Waals surface area contributed by atoms with Crippen molar-refractivity contribution >= 4 is 23.2 Å². The number of hydrogen-bond donors (Lipinski definition) is 1. The molecule has 1 saturated carbocycles. The Bertz CT molecular complexity index is 496. The van der Waals surface area contributed by atoms with Gasteiger partial charge in [0.2, 0.25) is 11.8 Å². The van der Waals surface area contributed by atoms with Gasteiger partial charge >= 0.3 is 0 Å². The molecule has 0 unspecified atom stereocenters. The van der Waals surface area contributed by atoms with E-state index >= 15 is 0 Å². The molecule has 1 aromatic heterocycles. The lowest BCUT2D eigenvalue weighted by molar-refractivity contribution is -0.139. The number of thiophene rings is 1. The number of amides is 2. The molecule has 2 atom stereocenters. The van der Waals surface area contributed by atoms with Crippen molar-refractivity contribution in [2.24, 2.45) is 11.8 Å². The zero-order valence-electron chi connectivity index (χ0n) is 11.7. The minimum absolute atomic E-state index is 0.0525. The van der Waals surface area contributed by atoms with Crippen molar-refractivity contribution in [3.63, 3.8) is 0 Å². The summed E-state index contributed by atoms with van der Waals surface area (Å²) in [5.41, 5.74) is 0. The first-order valence-corrected chi connectivity index (χ1v) is 8.11. The quantitative estimate of drug-likeness (QED) is 0.924. The number of likely N-dealkylation sites (tertiary alicyclic amines) is 1. The van der Waals surface area contributed by atoms with Gasteiger partial charge in [-0.25, -0.2) is 0 Å². The normalized spacial score (nSPS) is 24.6. The van der Waals surface area contributed by atoms with Crippen LogP contribution in [0.1, 0.15) is 36.6 Å². The second-order valence-electron chi connectivity index (χ2n) is 5.84. The van der Waals surface area contributed by atoms with Crippen LogP contribution in [-0.2, 0) is 9.59 Å². The van der Waals surface area contributed by atoms with Gasteiger partial charge < -0.3 is 10.2 Å². The summed E-state index contributed by atoms with van der Waals surface area (Å²) in [7, 11) is 1.80. The summed E-state index contributed by atoms with van der Waals surface area (Å²) in [6.45, 7) is 0.685. The molecule has 2 heterocycles. The van der Waals surface area contributed by atoms with Crippen LogP contribution in [0.15, 0.2) is 17.5 Å². The van der Waals surface area contributed by atoms with Crippen LogP contribution in [-0.4, -0.2) is 30.3 Å². The highest BCUT2D eigenvalue weighted by molar-refractivity contribution is 7.10. The number of hydrogen-bond acceptors (Lipinski definition) is 3. The van der Waals surface area contributed by atoms with Crippen molar-refractivity contribution in [2.75, 3.05) is 13.6 Å². The Morgan fingerprint density at radius 1 is 1.45 bits per heavy atom. The van der Waals surface area contributed by atoms with E-state index in [0.29, 0.717) is 18.9 Å². The van der Waals surface area contributed by atoms with Crippen LogP contribution in [0.3, 0.4) is 0 Å². The summed E-state index contributed by atoms with van der Waals surface area (Å²) in [6.07, 6.45) is 3.50. The second kappa shape index (κ2) is 5.56. The minimum atomic E-state index is -0.153. The van der Waals surface area contributed by atoms with Crippen molar-refractivity contribution in [1.29, 1.82) is 0 Å². The van der Waals surface area contributed by atoms with E-state index < -0.39 is 0 Å². The summed E-state index contributed by atoms with van der Waals surface area (Å²) in [6, 6.07) is 4.27. The minimum Gasteiger partial charge on any atom is -0.348 e. The van der Waals surface area contributed by atoms with Gasteiger partial charge in [0.25, 0.3) is 0 Å². The molecule has 1 aliphatic carbocycles. The highest BCUT2D eigenvalue weighted by Gasteiger charge is 2.36. The van der Waals surface area contributed by atoms with Crippen molar-refractivity contribution in [2.45, 2.75) is 31.7 Å². The van der Waals surface area contributed by atoms with E-state index in [4.69, 9.17) is 0 Å². The predicted octanol–water partition coefficient (Wildman–Crippen LogP) is 2.18. The standard InChI is InChI=1S/C15H20N2O2S/c1-17-7-6-11(9-13(17)18)15(19)16-14(10-4-5-10)12-3-2-8-20-12/h2-3,8,10-11,14H,4-7,9H2,1H3,(H,16,19)/t11-,14-/m1/s1. The van der Waals surface area contributed by atoms with Crippen LogP contribution < -0.4 is 5.32 Å². The molecule has 1 N–H and O–H groups in total. The molecule has 1 aliphatic heterocycles. The van der Waals surface area contributed by atoms with Crippen LogP contribution in [0.2, 0.25) is 0 Å². The van der Waals surface area contributed by atoms with E-state index in [1.165, 1.54) is 17.7 Å². The third-order valence-electron chi connectivity index (χ3n) is 4.27. The van der Waals surface area contributed by atoms with Gasteiger partial charge in [-0.3, -0.25) is 9.59 Å². The fraction of sp³-hybridized carbons (Fsp3) is 0.600. The molecule has 3 rings (SSSR count). The smallest absolute Gasteiger partial charge is 0.224 e. The van der Waals surface area contributed by atoms with Crippen LogP contribution in [0.25, 0.3) is 0 Å². The van der Waals surface area contributed by atoms with Crippen molar-refractivity contribution < 1.29 is 9.59 Å². The third-order valence-corrected chi connectivity index (χ3v) is 5.23. The van der Waals surface area contributed by atoms with Gasteiger partial charge in [0.1, 0.15) is 0 Å². The maximum Gasteiger partial charge on any atom is 0.224 e. The molecule has 0 radical (unpaired) electrons. The molecule has 20 heavy (non-hydrogen) atoms. The van der Waals surface area contributed by atoms with Gasteiger partial charge in [-0.2, -0.15) is 0 Å². The molecule has 4 nitrogen and oxygen atoms in total. The zero-order valence-corrected chi connectivity index (χ0v) is 12.5. The van der Waals surface area contributed by atoms with Crippen LogP contribution in [0.5, 0.6) is 0 Å². The molecule has 5 heteroatoms. The lowest BCUT2D eigenvalue weighted by Gasteiger charge is -2.29. The highest BCUT2D eigenvalue weighted by atomic mass is 32.1. The number of nitrogens with one attached hydrogen (secondary N) is 1. The summed E-state index contributed by atoms with van der Waals surface area (Å²) < 4.78 is 0. The van der Waals surface area contributed by atoms with E-state index in [1.807, 2.05) is 6.07 Å². The Hall–Kier alpha value is -1.36. The largest absolute Gasteiger partial charge is 0.348 e. The van der Waals surface area contributed by atoms with Gasteiger partial charge in [0, 0.05) is 30.8 Å². The topological polar surface area (TPSA) is 49.4 Å². The number of nitrogens with zero attached hydrogens (tertiary/aromatic N) is 1. The maximum absolute atomic E-state index is 12.4. The maximum atomic E-state index is 12.4. The first kappa shape index (κ1) is 13.6. The van der Waals surface area contributed by atoms with Crippen LogP contribution in [0.4, 0.5) is 0 Å². The molecule has 2 aliphatic rings. The zero-order chi connectivity index (χ0) is 14.1. The lowest BCUT2D eigenvalue weighted by atomic mass is 9.95. The summed E-state index contributed by atoms with van der Waals surface area (Å²) in [4.78, 5) is 27.1. The Morgan fingerprint density at radius 2 is 2.25 bits per heavy atom. The average molecular weight is 292 g/mol. The van der Waals surface area contributed by atoms with Crippen molar-refractivity contribution in [1.82, 2.24) is 10.2 Å². The number of rotatable bonds is 4. The molecule has 0 aromatic carbocycles. The second-order valence-corrected chi connectivity index (χ2v) is 6.82. The van der Waals surface area contributed by atoms with Gasteiger partial charge in [0.15, 0.2) is 0 Å². The number of piperidine rings is 1. The monoisotopic (exact) mass is 292 g/mol. The first-order chi connectivity index (χ1) is 9.65. The fourth-order valence-electron chi connectivity index (χ4n) is 2.76. The molecule has 108 valence electrons. The van der Waals surface area contributed by atoms with Crippen LogP contribution in [0, 0.1) is 11.8 Å². The Kier molecular flexibility index (Phi) is 3.78. The van der Waals surface area contributed by atoms with Gasteiger partial charge in [-0.15, -0.1) is 11.3 Å². The van der Waals surface area contributed by atoms with Gasteiger partial charge in [0.05, 0.1) is 6.04 Å². The van der Waals surface area contributed by atoms with Crippen molar-refractivity contribution in [3.05, 3.63) is 22.4 Å². The predicted molar refractivity (Wildman–Crippen MR) is 78.3 cm³/mol. The number of carbonyl (C=O) groups excluding carboxylic acids is 2. The molecular formula is C15H20N2O2S. The molecule has 0 spiro atoms. The van der Waals surface area contributed by atoms with Crippen LogP contribution >= 0.6 is 11.3 Å². The van der Waals surface area contributed by atoms with E-state index in [9.17, 15) is 9.59 Å². The SMILES string of the molecule is CN1CC[C@@H](C(=O)N[C@@H](c2cccs2)C2CC2)CC1=O. The third kappa shape index (κ3) is 2.87. The molecular weight excluding hydrogens is 272 g/mol. The molecule has 1 aromatic rings. The molecule has 1 saturated heterocycles. The summed E-state index contributed by atoms with van der Waals surface area (Å²) >= 11 is 1.70. The molecule has 0 bridgehead atoms. The molecule has 2 fully saturated rings. The van der Waals surface area contributed by atoms with E-state index in [1.54, 1.807) is 23.3 Å². The van der Waals surface area contributed by atoms with Gasteiger partial charge in [-0.05, 0) is 36.6 Å². The Labute approximate surface area is 123 Å². The average Bonchev–Trinajstić information content (AvgIpc) is 3.13. The lowest BCUT2D eigenvalue weighted by Crippen LogP contribution is -2.43. The van der Waals surface area contributed by atoms with Crippen molar-refractivity contribution in [3.8, 4) is 0 Å². The Morgan fingerprint density at radius 3 is 2.85 bits per heavy atom. The summed E-state index contributed by atoms with van der Waals surface area (Å²) in [5, 5.41) is 5.24. The number of carbonyl (C=O) groups is 2. The van der Waals surface area contributed by atoms with E-state index in [-0.39, 0.29) is 23.8 Å². The first-order valence-electron chi connectivity index (χ1n) is 7.23. The fourth-order valence-corrected chi connectivity index (χ4v) is 3.63.